The second kappa shape index (κ2) is 9.02. The van der Waals surface area contributed by atoms with Crippen molar-refractivity contribution in [2.45, 2.75) is 19.4 Å². The SMILES string of the molecule is COC(=O)C1CCN(/C(=N\O)c2cccnc2OCc2ccccc2)CC1. The van der Waals surface area contributed by atoms with Crippen LogP contribution in [-0.2, 0) is 16.1 Å². The molecule has 0 saturated carbocycles. The Morgan fingerprint density at radius 3 is 2.63 bits per heavy atom. The van der Waals surface area contributed by atoms with E-state index in [9.17, 15) is 10.0 Å². The van der Waals surface area contributed by atoms with Crippen LogP contribution in [0.3, 0.4) is 0 Å². The third-order valence-electron chi connectivity index (χ3n) is 4.65. The smallest absolute Gasteiger partial charge is 0.308 e. The molecule has 1 aliphatic heterocycles. The fraction of sp³-hybridized carbons (Fsp3) is 0.350. The number of esters is 1. The standard InChI is InChI=1S/C20H23N3O4/c1-26-20(24)16-9-12-23(13-10-16)18(22-25)17-8-5-11-21-19(17)27-14-15-6-3-2-4-7-15/h2-8,11,16,25H,9-10,12-14H2,1H3/b22-18-. The number of carbonyl (C=O) groups is 1. The van der Waals surface area contributed by atoms with E-state index in [1.807, 2.05) is 41.3 Å². The molecule has 0 radical (unpaired) electrons. The number of rotatable bonds is 5. The van der Waals surface area contributed by atoms with Crippen LogP contribution in [0.15, 0.2) is 53.8 Å². The third kappa shape index (κ3) is 4.55. The number of benzene rings is 1. The first-order chi connectivity index (χ1) is 13.2. The van der Waals surface area contributed by atoms with Gasteiger partial charge in [0.05, 0.1) is 18.6 Å². The maximum Gasteiger partial charge on any atom is 0.308 e. The number of ether oxygens (including phenoxy) is 2. The molecule has 0 unspecified atom stereocenters. The molecular weight excluding hydrogens is 346 g/mol. The van der Waals surface area contributed by atoms with Gasteiger partial charge in [-0.05, 0) is 30.5 Å². The maximum absolute atomic E-state index is 11.7. The molecule has 1 saturated heterocycles. The second-order valence-corrected chi connectivity index (χ2v) is 6.34. The Kier molecular flexibility index (Phi) is 6.25. The zero-order chi connectivity index (χ0) is 19.1. The molecule has 2 heterocycles. The number of pyridine rings is 1. The molecule has 0 amide bonds. The van der Waals surface area contributed by atoms with Crippen molar-refractivity contribution >= 4 is 11.8 Å². The summed E-state index contributed by atoms with van der Waals surface area (Å²) in [6.45, 7) is 1.55. The molecule has 1 fully saturated rings. The summed E-state index contributed by atoms with van der Waals surface area (Å²) >= 11 is 0. The van der Waals surface area contributed by atoms with Crippen LogP contribution < -0.4 is 4.74 Å². The van der Waals surface area contributed by atoms with Crippen LogP contribution in [-0.4, -0.2) is 47.1 Å². The highest BCUT2D eigenvalue weighted by molar-refractivity contribution is 6.00. The summed E-state index contributed by atoms with van der Waals surface area (Å²) in [5.74, 6) is 0.498. The highest BCUT2D eigenvalue weighted by Gasteiger charge is 2.29. The van der Waals surface area contributed by atoms with Gasteiger partial charge in [0.1, 0.15) is 6.61 Å². The second-order valence-electron chi connectivity index (χ2n) is 6.34. The van der Waals surface area contributed by atoms with E-state index in [0.717, 1.165) is 5.56 Å². The summed E-state index contributed by atoms with van der Waals surface area (Å²) in [6, 6.07) is 13.4. The van der Waals surface area contributed by atoms with E-state index in [1.165, 1.54) is 7.11 Å². The van der Waals surface area contributed by atoms with Crippen molar-refractivity contribution in [2.75, 3.05) is 20.2 Å². The lowest BCUT2D eigenvalue weighted by molar-refractivity contribution is -0.146. The van der Waals surface area contributed by atoms with Crippen molar-refractivity contribution in [2.24, 2.45) is 11.1 Å². The van der Waals surface area contributed by atoms with E-state index in [0.29, 0.717) is 49.8 Å². The Hall–Kier alpha value is -3.09. The highest BCUT2D eigenvalue weighted by atomic mass is 16.5. The van der Waals surface area contributed by atoms with Crippen LogP contribution in [0.2, 0.25) is 0 Å². The number of hydrogen-bond acceptors (Lipinski definition) is 6. The number of methoxy groups -OCH3 is 1. The molecule has 7 heteroatoms. The number of nitrogens with zero attached hydrogens (tertiary/aromatic N) is 3. The van der Waals surface area contributed by atoms with Gasteiger partial charge in [0.25, 0.3) is 0 Å². The molecule has 0 aliphatic carbocycles. The maximum atomic E-state index is 11.7. The van der Waals surface area contributed by atoms with Crippen LogP contribution in [0, 0.1) is 5.92 Å². The summed E-state index contributed by atoms with van der Waals surface area (Å²) < 4.78 is 10.7. The summed E-state index contributed by atoms with van der Waals surface area (Å²) in [5, 5.41) is 13.1. The average molecular weight is 369 g/mol. The lowest BCUT2D eigenvalue weighted by Gasteiger charge is -2.32. The van der Waals surface area contributed by atoms with Crippen molar-refractivity contribution in [3.05, 3.63) is 59.8 Å². The minimum atomic E-state index is -0.189. The van der Waals surface area contributed by atoms with Gasteiger partial charge in [0, 0.05) is 19.3 Å². The van der Waals surface area contributed by atoms with Gasteiger partial charge in [-0.3, -0.25) is 4.79 Å². The normalized spacial score (nSPS) is 15.4. The van der Waals surface area contributed by atoms with Crippen molar-refractivity contribution in [3.63, 3.8) is 0 Å². The monoisotopic (exact) mass is 369 g/mol. The van der Waals surface area contributed by atoms with Gasteiger partial charge in [-0.1, -0.05) is 35.5 Å². The number of hydrogen-bond donors (Lipinski definition) is 1. The van der Waals surface area contributed by atoms with Crippen LogP contribution >= 0.6 is 0 Å². The van der Waals surface area contributed by atoms with Gasteiger partial charge >= 0.3 is 5.97 Å². The van der Waals surface area contributed by atoms with Crippen LogP contribution in [0.25, 0.3) is 0 Å². The zero-order valence-electron chi connectivity index (χ0n) is 15.2. The van der Waals surface area contributed by atoms with E-state index < -0.39 is 0 Å². The van der Waals surface area contributed by atoms with E-state index in [-0.39, 0.29) is 11.9 Å². The number of carbonyl (C=O) groups excluding carboxylic acids is 1. The fourth-order valence-corrected chi connectivity index (χ4v) is 3.18. The summed E-state index contributed by atoms with van der Waals surface area (Å²) in [5.41, 5.74) is 1.64. The van der Waals surface area contributed by atoms with Gasteiger partial charge in [-0.15, -0.1) is 0 Å². The molecule has 27 heavy (non-hydrogen) atoms. The van der Waals surface area contributed by atoms with Gasteiger partial charge < -0.3 is 19.6 Å². The molecule has 1 aliphatic rings. The number of likely N-dealkylation sites (tertiary alicyclic amines) is 1. The van der Waals surface area contributed by atoms with Crippen LogP contribution in [0.4, 0.5) is 0 Å². The van der Waals surface area contributed by atoms with E-state index in [1.54, 1.807) is 12.3 Å². The Bertz CT molecular complexity index is 787. The van der Waals surface area contributed by atoms with Gasteiger partial charge in [0.15, 0.2) is 5.84 Å². The molecule has 1 N–H and O–H groups in total. The Morgan fingerprint density at radius 1 is 1.22 bits per heavy atom. The van der Waals surface area contributed by atoms with Crippen molar-refractivity contribution in [3.8, 4) is 5.88 Å². The van der Waals surface area contributed by atoms with Crippen molar-refractivity contribution < 1.29 is 19.5 Å². The minimum absolute atomic E-state index is 0.117. The molecule has 1 aromatic heterocycles. The topological polar surface area (TPSA) is 84.2 Å². The molecule has 7 nitrogen and oxygen atoms in total. The first kappa shape index (κ1) is 18.7. The zero-order valence-corrected chi connectivity index (χ0v) is 15.2. The van der Waals surface area contributed by atoms with Gasteiger partial charge in [-0.2, -0.15) is 0 Å². The third-order valence-corrected chi connectivity index (χ3v) is 4.65. The molecule has 1 aromatic carbocycles. The Labute approximate surface area is 158 Å². The minimum Gasteiger partial charge on any atom is -0.472 e. The predicted molar refractivity (Wildman–Crippen MR) is 99.6 cm³/mol. The predicted octanol–water partition coefficient (Wildman–Crippen LogP) is 2.68. The summed E-state index contributed by atoms with van der Waals surface area (Å²) in [4.78, 5) is 17.9. The van der Waals surface area contributed by atoms with Crippen LogP contribution in [0.1, 0.15) is 24.0 Å². The molecule has 0 spiro atoms. The lowest BCUT2D eigenvalue weighted by Crippen LogP contribution is -2.41. The molecule has 0 bridgehead atoms. The van der Waals surface area contributed by atoms with E-state index in [4.69, 9.17) is 9.47 Å². The van der Waals surface area contributed by atoms with E-state index >= 15 is 0 Å². The van der Waals surface area contributed by atoms with Gasteiger partial charge in [0.2, 0.25) is 5.88 Å². The number of piperidine rings is 1. The lowest BCUT2D eigenvalue weighted by atomic mass is 9.96. The Balaban J connectivity index is 1.72. The summed E-state index contributed by atoms with van der Waals surface area (Å²) in [6.07, 6.45) is 2.93. The van der Waals surface area contributed by atoms with Crippen molar-refractivity contribution in [1.29, 1.82) is 0 Å². The average Bonchev–Trinajstić information content (AvgIpc) is 2.74. The van der Waals surface area contributed by atoms with Gasteiger partial charge in [-0.25, -0.2) is 4.98 Å². The van der Waals surface area contributed by atoms with E-state index in [2.05, 4.69) is 10.1 Å². The number of amidine groups is 1. The number of oxime groups is 1. The summed E-state index contributed by atoms with van der Waals surface area (Å²) in [7, 11) is 1.40. The first-order valence-corrected chi connectivity index (χ1v) is 8.90. The number of aromatic nitrogens is 1. The molecule has 142 valence electrons. The van der Waals surface area contributed by atoms with Crippen molar-refractivity contribution in [1.82, 2.24) is 9.88 Å². The molecule has 0 atom stereocenters. The van der Waals surface area contributed by atoms with Crippen LogP contribution in [0.5, 0.6) is 5.88 Å². The quantitative estimate of drug-likeness (QED) is 0.287. The molecule has 3 rings (SSSR count). The first-order valence-electron chi connectivity index (χ1n) is 8.90. The Morgan fingerprint density at radius 2 is 1.96 bits per heavy atom. The molecular formula is C20H23N3O4. The fourth-order valence-electron chi connectivity index (χ4n) is 3.18. The highest BCUT2D eigenvalue weighted by Crippen LogP contribution is 2.24. The largest absolute Gasteiger partial charge is 0.472 e. The molecule has 2 aromatic rings.